The molecule has 1 aliphatic heterocycles. The number of amides is 1. The number of thioether (sulfide) groups is 1. The van der Waals surface area contributed by atoms with E-state index in [1.54, 1.807) is 12.1 Å². The van der Waals surface area contributed by atoms with E-state index in [0.29, 0.717) is 16.6 Å². The Morgan fingerprint density at radius 2 is 2.00 bits per heavy atom. The maximum Gasteiger partial charge on any atom is 0.239 e. The molecular formula is C17H15ClN2OS. The van der Waals surface area contributed by atoms with E-state index in [0.717, 1.165) is 5.69 Å². The van der Waals surface area contributed by atoms with Gasteiger partial charge < -0.3 is 5.32 Å². The minimum absolute atomic E-state index is 0.0132. The summed E-state index contributed by atoms with van der Waals surface area (Å²) < 4.78 is 0. The third-order valence-corrected chi connectivity index (χ3v) is 4.67. The predicted octanol–water partition coefficient (Wildman–Crippen LogP) is 4.11. The van der Waals surface area contributed by atoms with Gasteiger partial charge in [0.15, 0.2) is 5.17 Å². The van der Waals surface area contributed by atoms with Gasteiger partial charge in [0.05, 0.1) is 10.9 Å². The molecule has 2 aromatic rings. The summed E-state index contributed by atoms with van der Waals surface area (Å²) in [4.78, 5) is 16.5. The maximum absolute atomic E-state index is 12.1. The SMILES string of the molecule is Cc1cccc(C[C@@H]2SC(=Nc3ccc(Cl)cc3)NC2=O)c1. The standard InChI is InChI=1S/C17H15ClN2OS/c1-11-3-2-4-12(9-11)10-15-16(21)20-17(22-15)19-14-7-5-13(18)6-8-14/h2-9,15H,10H2,1H3,(H,19,20,21)/t15-/m0/s1. The molecule has 1 aliphatic rings. The van der Waals surface area contributed by atoms with Crippen molar-refractivity contribution in [2.24, 2.45) is 4.99 Å². The number of rotatable bonds is 3. The van der Waals surface area contributed by atoms with Crippen LogP contribution in [0.5, 0.6) is 0 Å². The smallest absolute Gasteiger partial charge is 0.239 e. The number of aliphatic imine (C=N–C) groups is 1. The first-order chi connectivity index (χ1) is 10.6. The Hall–Kier alpha value is -1.78. The van der Waals surface area contributed by atoms with Crippen molar-refractivity contribution in [1.82, 2.24) is 5.32 Å². The quantitative estimate of drug-likeness (QED) is 0.920. The van der Waals surface area contributed by atoms with Crippen LogP contribution < -0.4 is 5.32 Å². The molecule has 2 aromatic carbocycles. The largest absolute Gasteiger partial charge is 0.304 e. The normalized spacial score (nSPS) is 19.5. The lowest BCUT2D eigenvalue weighted by atomic mass is 10.1. The zero-order chi connectivity index (χ0) is 15.5. The number of hydrogen-bond donors (Lipinski definition) is 1. The summed E-state index contributed by atoms with van der Waals surface area (Å²) in [6.45, 7) is 2.05. The number of hydrogen-bond acceptors (Lipinski definition) is 3. The average molecular weight is 331 g/mol. The Balaban J connectivity index is 1.71. The van der Waals surface area contributed by atoms with Crippen LogP contribution in [0.15, 0.2) is 53.5 Å². The van der Waals surface area contributed by atoms with Crippen molar-refractivity contribution in [3.63, 3.8) is 0 Å². The Morgan fingerprint density at radius 1 is 1.23 bits per heavy atom. The summed E-state index contributed by atoms with van der Waals surface area (Å²) in [5.74, 6) is 0.0132. The monoisotopic (exact) mass is 330 g/mol. The molecule has 1 heterocycles. The number of carbonyl (C=O) groups is 1. The fourth-order valence-corrected chi connectivity index (χ4v) is 3.43. The van der Waals surface area contributed by atoms with Crippen molar-refractivity contribution in [2.45, 2.75) is 18.6 Å². The Morgan fingerprint density at radius 3 is 2.73 bits per heavy atom. The molecule has 1 atom stereocenters. The molecule has 1 amide bonds. The van der Waals surface area contributed by atoms with Crippen LogP contribution in [0.3, 0.4) is 0 Å². The molecule has 0 aliphatic carbocycles. The van der Waals surface area contributed by atoms with Gasteiger partial charge >= 0.3 is 0 Å². The van der Waals surface area contributed by atoms with E-state index in [1.807, 2.05) is 18.2 Å². The van der Waals surface area contributed by atoms with Gasteiger partial charge in [-0.25, -0.2) is 4.99 Å². The molecule has 0 radical (unpaired) electrons. The van der Waals surface area contributed by atoms with Crippen molar-refractivity contribution >= 4 is 40.1 Å². The van der Waals surface area contributed by atoms with E-state index in [1.165, 1.54) is 22.9 Å². The van der Waals surface area contributed by atoms with Crippen LogP contribution in [0.1, 0.15) is 11.1 Å². The summed E-state index contributed by atoms with van der Waals surface area (Å²) in [5.41, 5.74) is 3.15. The van der Waals surface area contributed by atoms with E-state index in [-0.39, 0.29) is 11.2 Å². The number of halogens is 1. The predicted molar refractivity (Wildman–Crippen MR) is 93.0 cm³/mol. The van der Waals surface area contributed by atoms with Gasteiger partial charge in [-0.15, -0.1) is 0 Å². The van der Waals surface area contributed by atoms with Gasteiger partial charge in [0.2, 0.25) is 5.91 Å². The van der Waals surface area contributed by atoms with Crippen molar-refractivity contribution < 1.29 is 4.79 Å². The molecule has 0 unspecified atom stereocenters. The highest BCUT2D eigenvalue weighted by Crippen LogP contribution is 2.26. The molecule has 1 fully saturated rings. The first kappa shape index (κ1) is 15.1. The minimum Gasteiger partial charge on any atom is -0.304 e. The van der Waals surface area contributed by atoms with Gasteiger partial charge in [-0.2, -0.15) is 0 Å². The number of amidine groups is 1. The molecule has 22 heavy (non-hydrogen) atoms. The summed E-state index contributed by atoms with van der Waals surface area (Å²) in [6, 6.07) is 15.5. The molecule has 5 heteroatoms. The van der Waals surface area contributed by atoms with Gasteiger partial charge in [0.1, 0.15) is 0 Å². The molecule has 112 valence electrons. The van der Waals surface area contributed by atoms with Gasteiger partial charge in [-0.3, -0.25) is 4.79 Å². The van der Waals surface area contributed by atoms with E-state index >= 15 is 0 Å². The number of benzene rings is 2. The molecular weight excluding hydrogens is 316 g/mol. The van der Waals surface area contributed by atoms with Crippen LogP contribution in [0, 0.1) is 6.92 Å². The lowest BCUT2D eigenvalue weighted by Crippen LogP contribution is -2.25. The second-order valence-corrected chi connectivity index (χ2v) is 6.81. The molecule has 1 saturated heterocycles. The molecule has 0 saturated carbocycles. The van der Waals surface area contributed by atoms with Gasteiger partial charge in [0.25, 0.3) is 0 Å². The molecule has 3 nitrogen and oxygen atoms in total. The third-order valence-electron chi connectivity index (χ3n) is 3.34. The summed E-state index contributed by atoms with van der Waals surface area (Å²) in [7, 11) is 0. The van der Waals surface area contributed by atoms with Gasteiger partial charge in [-0.05, 0) is 43.2 Å². The number of aryl methyl sites for hydroxylation is 1. The van der Waals surface area contributed by atoms with Gasteiger partial charge in [0, 0.05) is 5.02 Å². The molecule has 3 rings (SSSR count). The third kappa shape index (κ3) is 3.70. The van der Waals surface area contributed by atoms with Crippen LogP contribution in [0.4, 0.5) is 5.69 Å². The Labute approximate surface area is 138 Å². The molecule has 0 bridgehead atoms. The molecule has 0 spiro atoms. The fourth-order valence-electron chi connectivity index (χ4n) is 2.28. The summed E-state index contributed by atoms with van der Waals surface area (Å²) in [5, 5.41) is 4.03. The molecule has 0 aromatic heterocycles. The highest BCUT2D eigenvalue weighted by molar-refractivity contribution is 8.15. The first-order valence-electron chi connectivity index (χ1n) is 6.97. The van der Waals surface area contributed by atoms with Crippen LogP contribution in [0.2, 0.25) is 5.02 Å². The molecule has 1 N–H and O–H groups in total. The van der Waals surface area contributed by atoms with Crippen LogP contribution in [-0.2, 0) is 11.2 Å². The lowest BCUT2D eigenvalue weighted by Gasteiger charge is -2.06. The Bertz CT molecular complexity index is 728. The zero-order valence-corrected chi connectivity index (χ0v) is 13.6. The van der Waals surface area contributed by atoms with E-state index < -0.39 is 0 Å². The summed E-state index contributed by atoms with van der Waals surface area (Å²) in [6.07, 6.45) is 0.706. The number of nitrogens with zero attached hydrogens (tertiary/aromatic N) is 1. The highest BCUT2D eigenvalue weighted by Gasteiger charge is 2.30. The van der Waals surface area contributed by atoms with Gasteiger partial charge in [-0.1, -0.05) is 53.2 Å². The van der Waals surface area contributed by atoms with Crippen LogP contribution >= 0.6 is 23.4 Å². The lowest BCUT2D eigenvalue weighted by molar-refractivity contribution is -0.118. The van der Waals surface area contributed by atoms with Crippen molar-refractivity contribution in [2.75, 3.05) is 0 Å². The van der Waals surface area contributed by atoms with Crippen molar-refractivity contribution in [1.29, 1.82) is 0 Å². The fraction of sp³-hybridized carbons (Fsp3) is 0.176. The van der Waals surface area contributed by atoms with Crippen LogP contribution in [-0.4, -0.2) is 16.3 Å². The van der Waals surface area contributed by atoms with E-state index in [4.69, 9.17) is 11.6 Å². The first-order valence-corrected chi connectivity index (χ1v) is 8.23. The van der Waals surface area contributed by atoms with Crippen LogP contribution in [0.25, 0.3) is 0 Å². The second kappa shape index (κ2) is 6.55. The topological polar surface area (TPSA) is 41.5 Å². The van der Waals surface area contributed by atoms with E-state index in [9.17, 15) is 4.79 Å². The Kier molecular flexibility index (Phi) is 4.50. The highest BCUT2D eigenvalue weighted by atomic mass is 35.5. The van der Waals surface area contributed by atoms with Crippen molar-refractivity contribution in [3.8, 4) is 0 Å². The summed E-state index contributed by atoms with van der Waals surface area (Å²) >= 11 is 7.33. The average Bonchev–Trinajstić information content (AvgIpc) is 2.81. The minimum atomic E-state index is -0.132. The number of nitrogens with one attached hydrogen (secondary N) is 1. The van der Waals surface area contributed by atoms with Crippen molar-refractivity contribution in [3.05, 3.63) is 64.7 Å². The van der Waals surface area contributed by atoms with E-state index in [2.05, 4.69) is 35.4 Å². The maximum atomic E-state index is 12.1. The zero-order valence-electron chi connectivity index (χ0n) is 12.0. The number of carbonyl (C=O) groups excluding carboxylic acids is 1. The second-order valence-electron chi connectivity index (χ2n) is 5.18.